The van der Waals surface area contributed by atoms with Crippen LogP contribution in [0.1, 0.15) is 12.0 Å². The van der Waals surface area contributed by atoms with Crippen LogP contribution in [0.25, 0.3) is 0 Å². The van der Waals surface area contributed by atoms with Gasteiger partial charge in [0.15, 0.2) is 0 Å². The molecule has 1 fully saturated rings. The lowest BCUT2D eigenvalue weighted by molar-refractivity contribution is 0.458. The van der Waals surface area contributed by atoms with Crippen LogP contribution in [-0.4, -0.2) is 32.4 Å². The normalized spacial score (nSPS) is 20.3. The zero-order valence-corrected chi connectivity index (χ0v) is 13.1. The molecule has 0 amide bonds. The van der Waals surface area contributed by atoms with Crippen LogP contribution in [0, 0.1) is 12.8 Å². The van der Waals surface area contributed by atoms with E-state index >= 15 is 0 Å². The van der Waals surface area contributed by atoms with Crippen molar-refractivity contribution in [2.45, 2.75) is 18.2 Å². The second kappa shape index (κ2) is 6.41. The first-order valence-corrected chi connectivity index (χ1v) is 7.74. The van der Waals surface area contributed by atoms with Gasteiger partial charge >= 0.3 is 0 Å². The largest absolute Gasteiger partial charge is 0.330 e. The molecule has 0 aromatic heterocycles. The molecule has 1 saturated heterocycles. The van der Waals surface area contributed by atoms with Crippen molar-refractivity contribution in [3.63, 3.8) is 0 Å². The highest BCUT2D eigenvalue weighted by Gasteiger charge is 2.32. The molecule has 1 aliphatic rings. The number of benzene rings is 1. The van der Waals surface area contributed by atoms with E-state index in [2.05, 4.69) is 0 Å². The van der Waals surface area contributed by atoms with Crippen LogP contribution in [-0.2, 0) is 10.0 Å². The molecule has 1 heterocycles. The summed E-state index contributed by atoms with van der Waals surface area (Å²) in [6.07, 6.45) is 0.829. The standard InChI is InChI=1S/C12H17ClN2O2S.ClH/c1-9-11(13)3-2-4-12(9)18(16,17)15-6-5-10(7-14)8-15;/h2-4,10H,5-8,14H2,1H3;1H. The maximum absolute atomic E-state index is 12.5. The number of sulfonamides is 1. The molecular weight excluding hydrogens is 307 g/mol. The highest BCUT2D eigenvalue weighted by molar-refractivity contribution is 7.89. The molecule has 2 rings (SSSR count). The Morgan fingerprint density at radius 1 is 1.47 bits per heavy atom. The van der Waals surface area contributed by atoms with Crippen LogP contribution < -0.4 is 5.73 Å². The predicted molar refractivity (Wildman–Crippen MR) is 79.4 cm³/mol. The van der Waals surface area contributed by atoms with Gasteiger partial charge in [-0.3, -0.25) is 0 Å². The molecule has 7 heteroatoms. The Morgan fingerprint density at radius 2 is 2.16 bits per heavy atom. The topological polar surface area (TPSA) is 63.4 Å². The molecule has 4 nitrogen and oxygen atoms in total. The molecule has 1 aromatic rings. The molecule has 1 atom stereocenters. The van der Waals surface area contributed by atoms with Gasteiger partial charge in [0.25, 0.3) is 0 Å². The summed E-state index contributed by atoms with van der Waals surface area (Å²) in [5.74, 6) is 0.263. The highest BCUT2D eigenvalue weighted by Crippen LogP contribution is 2.28. The number of rotatable bonds is 3. The second-order valence-electron chi connectivity index (χ2n) is 4.62. The first-order chi connectivity index (χ1) is 8.46. The van der Waals surface area contributed by atoms with E-state index in [4.69, 9.17) is 17.3 Å². The third-order valence-corrected chi connectivity index (χ3v) is 5.84. The number of hydrogen-bond donors (Lipinski definition) is 1. The summed E-state index contributed by atoms with van der Waals surface area (Å²) in [4.78, 5) is 0.299. The van der Waals surface area contributed by atoms with Gasteiger partial charge in [0.05, 0.1) is 4.90 Å². The maximum atomic E-state index is 12.5. The minimum absolute atomic E-state index is 0. The number of nitrogens with zero attached hydrogens (tertiary/aromatic N) is 1. The number of nitrogens with two attached hydrogens (primary N) is 1. The Hall–Kier alpha value is -0.330. The molecule has 0 spiro atoms. The van der Waals surface area contributed by atoms with Gasteiger partial charge in [-0.1, -0.05) is 17.7 Å². The lowest BCUT2D eigenvalue weighted by Gasteiger charge is -2.18. The van der Waals surface area contributed by atoms with E-state index in [9.17, 15) is 8.42 Å². The van der Waals surface area contributed by atoms with Gasteiger partial charge in [0.2, 0.25) is 10.0 Å². The Kier molecular flexibility index (Phi) is 5.65. The van der Waals surface area contributed by atoms with Crippen LogP contribution >= 0.6 is 24.0 Å². The smallest absolute Gasteiger partial charge is 0.243 e. The van der Waals surface area contributed by atoms with Gasteiger partial charge < -0.3 is 5.73 Å². The lowest BCUT2D eigenvalue weighted by atomic mass is 10.1. The van der Waals surface area contributed by atoms with Crippen molar-refractivity contribution in [3.8, 4) is 0 Å². The van der Waals surface area contributed by atoms with E-state index in [1.807, 2.05) is 0 Å². The third-order valence-electron chi connectivity index (χ3n) is 3.42. The van der Waals surface area contributed by atoms with Crippen molar-refractivity contribution in [3.05, 3.63) is 28.8 Å². The third kappa shape index (κ3) is 3.23. The Bertz CT molecular complexity index is 549. The molecule has 0 saturated carbocycles. The van der Waals surface area contributed by atoms with E-state index in [1.54, 1.807) is 25.1 Å². The summed E-state index contributed by atoms with van der Waals surface area (Å²) >= 11 is 5.98. The fraction of sp³-hybridized carbons (Fsp3) is 0.500. The maximum Gasteiger partial charge on any atom is 0.243 e. The first-order valence-electron chi connectivity index (χ1n) is 5.92. The van der Waals surface area contributed by atoms with Gasteiger partial charge in [-0.15, -0.1) is 12.4 Å². The van der Waals surface area contributed by atoms with Crippen molar-refractivity contribution in [2.24, 2.45) is 11.7 Å². The SMILES string of the molecule is Cc1c(Cl)cccc1S(=O)(=O)N1CCC(CN)C1.Cl. The summed E-state index contributed by atoms with van der Waals surface area (Å²) in [5, 5.41) is 0.477. The van der Waals surface area contributed by atoms with Crippen molar-refractivity contribution in [1.82, 2.24) is 4.31 Å². The number of hydrogen-bond acceptors (Lipinski definition) is 3. The Morgan fingerprint density at radius 3 is 2.74 bits per heavy atom. The van der Waals surface area contributed by atoms with Crippen LogP contribution in [0.3, 0.4) is 0 Å². The lowest BCUT2D eigenvalue weighted by Crippen LogP contribution is -2.30. The molecular formula is C12H18Cl2N2O2S. The molecule has 2 N–H and O–H groups in total. The van der Waals surface area contributed by atoms with E-state index < -0.39 is 10.0 Å². The first kappa shape index (κ1) is 16.7. The fourth-order valence-corrected chi connectivity index (χ4v) is 4.22. The summed E-state index contributed by atoms with van der Waals surface area (Å²) < 4.78 is 26.5. The predicted octanol–water partition coefficient (Wildman–Crippen LogP) is 2.04. The van der Waals surface area contributed by atoms with Crippen molar-refractivity contribution >= 4 is 34.0 Å². The molecule has 1 unspecified atom stereocenters. The average molecular weight is 325 g/mol. The van der Waals surface area contributed by atoms with Gasteiger partial charge in [-0.2, -0.15) is 4.31 Å². The van der Waals surface area contributed by atoms with Gasteiger partial charge in [-0.25, -0.2) is 8.42 Å². The fourth-order valence-electron chi connectivity index (χ4n) is 2.21. The molecule has 1 aliphatic heterocycles. The van der Waals surface area contributed by atoms with Crippen LogP contribution in [0.4, 0.5) is 0 Å². The van der Waals surface area contributed by atoms with Crippen molar-refractivity contribution in [2.75, 3.05) is 19.6 Å². The minimum Gasteiger partial charge on any atom is -0.330 e. The van der Waals surface area contributed by atoms with Gasteiger partial charge in [0, 0.05) is 18.1 Å². The Balaban J connectivity index is 0.00000180. The van der Waals surface area contributed by atoms with Crippen LogP contribution in [0.15, 0.2) is 23.1 Å². The molecule has 19 heavy (non-hydrogen) atoms. The van der Waals surface area contributed by atoms with E-state index in [0.717, 1.165) is 6.42 Å². The monoisotopic (exact) mass is 324 g/mol. The van der Waals surface area contributed by atoms with Crippen molar-refractivity contribution < 1.29 is 8.42 Å². The number of halogens is 2. The quantitative estimate of drug-likeness (QED) is 0.925. The average Bonchev–Trinajstić information content (AvgIpc) is 2.81. The minimum atomic E-state index is -3.44. The summed E-state index contributed by atoms with van der Waals surface area (Å²) in [6, 6.07) is 4.97. The zero-order valence-electron chi connectivity index (χ0n) is 10.7. The summed E-state index contributed by atoms with van der Waals surface area (Å²) in [5.41, 5.74) is 6.20. The highest BCUT2D eigenvalue weighted by atomic mass is 35.5. The van der Waals surface area contributed by atoms with Crippen LogP contribution in [0.2, 0.25) is 5.02 Å². The Labute approximate surface area is 125 Å². The van der Waals surface area contributed by atoms with E-state index in [0.29, 0.717) is 35.1 Å². The molecule has 1 aromatic carbocycles. The molecule has 108 valence electrons. The summed E-state index contributed by atoms with van der Waals surface area (Å²) in [7, 11) is -3.44. The van der Waals surface area contributed by atoms with Crippen LogP contribution in [0.5, 0.6) is 0 Å². The second-order valence-corrected chi connectivity index (χ2v) is 6.93. The van der Waals surface area contributed by atoms with E-state index in [-0.39, 0.29) is 18.3 Å². The molecule has 0 aliphatic carbocycles. The van der Waals surface area contributed by atoms with Crippen molar-refractivity contribution in [1.29, 1.82) is 0 Å². The van der Waals surface area contributed by atoms with Gasteiger partial charge in [0.1, 0.15) is 0 Å². The molecule has 0 radical (unpaired) electrons. The van der Waals surface area contributed by atoms with Gasteiger partial charge in [-0.05, 0) is 43.5 Å². The zero-order chi connectivity index (χ0) is 13.3. The summed E-state index contributed by atoms with van der Waals surface area (Å²) in [6.45, 7) is 3.30. The van der Waals surface area contributed by atoms with E-state index in [1.165, 1.54) is 4.31 Å². The molecule has 0 bridgehead atoms.